The first kappa shape index (κ1) is 16.9. The predicted molar refractivity (Wildman–Crippen MR) is 78.5 cm³/mol. The van der Waals surface area contributed by atoms with E-state index < -0.39 is 0 Å². The Hall–Kier alpha value is -0.0800. The number of nitrogens with one attached hydrogen (secondary N) is 1. The van der Waals surface area contributed by atoms with E-state index in [-0.39, 0.29) is 5.54 Å². The van der Waals surface area contributed by atoms with Gasteiger partial charge < -0.3 is 5.32 Å². The Kier molecular flexibility index (Phi) is 7.34. The van der Waals surface area contributed by atoms with Crippen molar-refractivity contribution in [3.05, 3.63) is 0 Å². The fourth-order valence-electron chi connectivity index (χ4n) is 2.21. The molecule has 0 heterocycles. The van der Waals surface area contributed by atoms with Gasteiger partial charge in [-0.1, -0.05) is 20.8 Å². The highest BCUT2D eigenvalue weighted by Gasteiger charge is 2.24. The minimum absolute atomic E-state index is 0.210. The number of hydrogen-bond donors (Lipinski definition) is 1. The van der Waals surface area contributed by atoms with E-state index in [9.17, 15) is 0 Å². The smallest absolute Gasteiger partial charge is 0.0246 e. The molecule has 0 saturated heterocycles. The molecule has 2 heteroatoms. The van der Waals surface area contributed by atoms with Crippen LogP contribution < -0.4 is 5.32 Å². The van der Waals surface area contributed by atoms with Gasteiger partial charge in [-0.2, -0.15) is 0 Å². The third-order valence-electron chi connectivity index (χ3n) is 3.18. The van der Waals surface area contributed by atoms with Crippen LogP contribution in [0.3, 0.4) is 0 Å². The van der Waals surface area contributed by atoms with Gasteiger partial charge in [0.05, 0.1) is 0 Å². The number of rotatable bonds is 7. The Morgan fingerprint density at radius 2 is 1.59 bits per heavy atom. The van der Waals surface area contributed by atoms with Gasteiger partial charge in [-0.05, 0) is 53.5 Å². The van der Waals surface area contributed by atoms with Crippen molar-refractivity contribution >= 4 is 0 Å². The SMILES string of the molecule is CCCN(C(C)C)C(CNC(C)(C)C)C(C)C. The van der Waals surface area contributed by atoms with Crippen LogP contribution in [0.2, 0.25) is 0 Å². The molecule has 0 radical (unpaired) electrons. The highest BCUT2D eigenvalue weighted by molar-refractivity contribution is 4.82. The predicted octanol–water partition coefficient (Wildman–Crippen LogP) is 3.52. The second kappa shape index (κ2) is 7.38. The van der Waals surface area contributed by atoms with Gasteiger partial charge in [0.25, 0.3) is 0 Å². The third-order valence-corrected chi connectivity index (χ3v) is 3.18. The first-order valence-electron chi connectivity index (χ1n) is 7.19. The summed E-state index contributed by atoms with van der Waals surface area (Å²) < 4.78 is 0. The molecule has 1 atom stereocenters. The van der Waals surface area contributed by atoms with Gasteiger partial charge in [0.2, 0.25) is 0 Å². The van der Waals surface area contributed by atoms with E-state index in [0.717, 1.165) is 6.54 Å². The fraction of sp³-hybridized carbons (Fsp3) is 1.00. The van der Waals surface area contributed by atoms with Crippen LogP contribution in [-0.4, -0.2) is 35.6 Å². The summed E-state index contributed by atoms with van der Waals surface area (Å²) >= 11 is 0. The lowest BCUT2D eigenvalue weighted by Gasteiger charge is -2.39. The van der Waals surface area contributed by atoms with Crippen LogP contribution in [0, 0.1) is 5.92 Å². The first-order chi connectivity index (χ1) is 7.69. The molecule has 0 amide bonds. The van der Waals surface area contributed by atoms with Crippen LogP contribution in [0.4, 0.5) is 0 Å². The summed E-state index contributed by atoms with van der Waals surface area (Å²) in [7, 11) is 0. The lowest BCUT2D eigenvalue weighted by Crippen LogP contribution is -2.52. The Labute approximate surface area is 109 Å². The van der Waals surface area contributed by atoms with Crippen LogP contribution in [-0.2, 0) is 0 Å². The Bertz CT molecular complexity index is 192. The molecular weight excluding hydrogens is 208 g/mol. The summed E-state index contributed by atoms with van der Waals surface area (Å²) in [5.74, 6) is 0.693. The van der Waals surface area contributed by atoms with Crippen LogP contribution in [0.1, 0.15) is 61.8 Å². The molecule has 0 rings (SSSR count). The molecule has 0 aromatic heterocycles. The lowest BCUT2D eigenvalue weighted by molar-refractivity contribution is 0.110. The Balaban J connectivity index is 4.57. The van der Waals surface area contributed by atoms with E-state index in [4.69, 9.17) is 0 Å². The lowest BCUT2D eigenvalue weighted by atomic mass is 9.99. The van der Waals surface area contributed by atoms with E-state index in [1.165, 1.54) is 13.0 Å². The van der Waals surface area contributed by atoms with Crippen molar-refractivity contribution in [2.75, 3.05) is 13.1 Å². The average Bonchev–Trinajstić information content (AvgIpc) is 2.13. The van der Waals surface area contributed by atoms with Gasteiger partial charge in [-0.3, -0.25) is 4.90 Å². The van der Waals surface area contributed by atoms with Gasteiger partial charge in [0.15, 0.2) is 0 Å². The monoisotopic (exact) mass is 242 g/mol. The summed E-state index contributed by atoms with van der Waals surface area (Å²) in [6.45, 7) is 20.6. The molecule has 0 fully saturated rings. The van der Waals surface area contributed by atoms with Crippen molar-refractivity contribution in [3.8, 4) is 0 Å². The van der Waals surface area contributed by atoms with Crippen molar-refractivity contribution in [1.82, 2.24) is 10.2 Å². The summed E-state index contributed by atoms with van der Waals surface area (Å²) in [6, 6.07) is 1.26. The molecule has 0 aliphatic rings. The standard InChI is InChI=1S/C15H34N2/c1-9-10-17(13(4)5)14(12(2)3)11-16-15(6,7)8/h12-14,16H,9-11H2,1-8H3. The van der Waals surface area contributed by atoms with Crippen molar-refractivity contribution in [2.45, 2.75) is 79.4 Å². The zero-order valence-electron chi connectivity index (χ0n) is 13.3. The van der Waals surface area contributed by atoms with Crippen LogP contribution in [0.15, 0.2) is 0 Å². The third kappa shape index (κ3) is 7.05. The molecular formula is C15H34N2. The van der Waals surface area contributed by atoms with E-state index in [2.05, 4.69) is 65.6 Å². The highest BCUT2D eigenvalue weighted by atomic mass is 15.2. The minimum atomic E-state index is 0.210. The normalized spacial score (nSPS) is 15.0. The molecule has 0 spiro atoms. The number of hydrogen-bond acceptors (Lipinski definition) is 2. The van der Waals surface area contributed by atoms with E-state index in [1.807, 2.05) is 0 Å². The maximum Gasteiger partial charge on any atom is 0.0246 e. The zero-order chi connectivity index (χ0) is 13.6. The topological polar surface area (TPSA) is 15.3 Å². The van der Waals surface area contributed by atoms with Crippen molar-refractivity contribution in [3.63, 3.8) is 0 Å². The highest BCUT2D eigenvalue weighted by Crippen LogP contribution is 2.15. The second-order valence-electron chi connectivity index (χ2n) is 6.77. The molecule has 17 heavy (non-hydrogen) atoms. The quantitative estimate of drug-likeness (QED) is 0.735. The molecule has 2 nitrogen and oxygen atoms in total. The molecule has 0 aromatic carbocycles. The average molecular weight is 242 g/mol. The van der Waals surface area contributed by atoms with Crippen LogP contribution in [0.5, 0.6) is 0 Å². The van der Waals surface area contributed by atoms with E-state index in [1.54, 1.807) is 0 Å². The molecule has 0 aliphatic heterocycles. The van der Waals surface area contributed by atoms with Crippen molar-refractivity contribution in [2.24, 2.45) is 5.92 Å². The molecule has 0 saturated carbocycles. The van der Waals surface area contributed by atoms with Gasteiger partial charge in [0.1, 0.15) is 0 Å². The van der Waals surface area contributed by atoms with Gasteiger partial charge in [-0.25, -0.2) is 0 Å². The van der Waals surface area contributed by atoms with Crippen molar-refractivity contribution in [1.29, 1.82) is 0 Å². The Morgan fingerprint density at radius 1 is 1.06 bits per heavy atom. The molecule has 104 valence electrons. The zero-order valence-corrected chi connectivity index (χ0v) is 13.3. The van der Waals surface area contributed by atoms with Gasteiger partial charge in [0, 0.05) is 24.2 Å². The molecule has 0 aromatic rings. The largest absolute Gasteiger partial charge is 0.311 e. The van der Waals surface area contributed by atoms with E-state index in [0.29, 0.717) is 18.0 Å². The van der Waals surface area contributed by atoms with Crippen LogP contribution >= 0.6 is 0 Å². The Morgan fingerprint density at radius 3 is 1.88 bits per heavy atom. The molecule has 1 N–H and O–H groups in total. The summed E-state index contributed by atoms with van der Waals surface area (Å²) in [5, 5.41) is 3.66. The summed E-state index contributed by atoms with van der Waals surface area (Å²) in [6.07, 6.45) is 1.23. The van der Waals surface area contributed by atoms with Gasteiger partial charge in [-0.15, -0.1) is 0 Å². The second-order valence-corrected chi connectivity index (χ2v) is 6.77. The molecule has 0 aliphatic carbocycles. The van der Waals surface area contributed by atoms with Crippen molar-refractivity contribution < 1.29 is 0 Å². The molecule has 1 unspecified atom stereocenters. The summed E-state index contributed by atoms with van der Waals surface area (Å²) in [4.78, 5) is 2.64. The summed E-state index contributed by atoms with van der Waals surface area (Å²) in [5.41, 5.74) is 0.210. The molecule has 0 bridgehead atoms. The van der Waals surface area contributed by atoms with E-state index >= 15 is 0 Å². The van der Waals surface area contributed by atoms with Crippen LogP contribution in [0.25, 0.3) is 0 Å². The maximum atomic E-state index is 3.66. The minimum Gasteiger partial charge on any atom is -0.311 e. The fourth-order valence-corrected chi connectivity index (χ4v) is 2.21. The first-order valence-corrected chi connectivity index (χ1v) is 7.19. The number of nitrogens with zero attached hydrogens (tertiary/aromatic N) is 1. The maximum absolute atomic E-state index is 3.66. The van der Waals surface area contributed by atoms with Gasteiger partial charge >= 0.3 is 0 Å².